The zero-order valence-electron chi connectivity index (χ0n) is 10.1. The van der Waals surface area contributed by atoms with Crippen LogP contribution in [0.3, 0.4) is 0 Å². The second kappa shape index (κ2) is 5.06. The highest BCUT2D eigenvalue weighted by Crippen LogP contribution is 2.24. The van der Waals surface area contributed by atoms with Crippen LogP contribution in [0.25, 0.3) is 0 Å². The summed E-state index contributed by atoms with van der Waals surface area (Å²) >= 11 is 0. The van der Waals surface area contributed by atoms with Crippen molar-refractivity contribution in [1.29, 1.82) is 0 Å². The van der Waals surface area contributed by atoms with Crippen molar-refractivity contribution in [2.75, 3.05) is 5.73 Å². The quantitative estimate of drug-likeness (QED) is 0.768. The van der Waals surface area contributed by atoms with Gasteiger partial charge in [0.25, 0.3) is 0 Å². The molecule has 0 aromatic heterocycles. The van der Waals surface area contributed by atoms with E-state index in [2.05, 4.69) is 20.8 Å². The fourth-order valence-electron chi connectivity index (χ4n) is 1.70. The summed E-state index contributed by atoms with van der Waals surface area (Å²) in [5.74, 6) is 1.44. The number of benzene rings is 1. The molecule has 15 heavy (non-hydrogen) atoms. The standard InChI is InChI=1S/C13H21NO/c1-9(2)7-11(4)15-13-6-5-10(3)8-12(13)14/h5-6,8-9,11H,7,14H2,1-4H3. The molecule has 0 spiro atoms. The average Bonchev–Trinajstić information content (AvgIpc) is 2.08. The number of rotatable bonds is 4. The molecule has 0 saturated heterocycles. The molecule has 1 aromatic carbocycles. The SMILES string of the molecule is Cc1ccc(OC(C)CC(C)C)c(N)c1. The minimum absolute atomic E-state index is 0.218. The van der Waals surface area contributed by atoms with Crippen LogP contribution in [-0.4, -0.2) is 6.10 Å². The topological polar surface area (TPSA) is 35.2 Å². The predicted octanol–water partition coefficient (Wildman–Crippen LogP) is 3.39. The molecular weight excluding hydrogens is 186 g/mol. The Bertz CT molecular complexity index is 320. The van der Waals surface area contributed by atoms with Gasteiger partial charge in [0.05, 0.1) is 11.8 Å². The van der Waals surface area contributed by atoms with Crippen molar-refractivity contribution in [2.45, 2.75) is 40.2 Å². The summed E-state index contributed by atoms with van der Waals surface area (Å²) < 4.78 is 5.79. The van der Waals surface area contributed by atoms with E-state index in [1.54, 1.807) is 0 Å². The number of hydrogen-bond donors (Lipinski definition) is 1. The lowest BCUT2D eigenvalue weighted by molar-refractivity contribution is 0.194. The van der Waals surface area contributed by atoms with Gasteiger partial charge in [0.2, 0.25) is 0 Å². The van der Waals surface area contributed by atoms with E-state index in [-0.39, 0.29) is 6.10 Å². The molecule has 2 heteroatoms. The molecule has 0 radical (unpaired) electrons. The lowest BCUT2D eigenvalue weighted by atomic mass is 10.1. The summed E-state index contributed by atoms with van der Waals surface area (Å²) in [5.41, 5.74) is 7.77. The minimum atomic E-state index is 0.218. The van der Waals surface area contributed by atoms with Gasteiger partial charge in [0.15, 0.2) is 0 Å². The number of ether oxygens (including phenoxy) is 1. The first-order chi connectivity index (χ1) is 6.99. The Morgan fingerprint density at radius 3 is 2.47 bits per heavy atom. The maximum atomic E-state index is 5.88. The van der Waals surface area contributed by atoms with E-state index in [0.717, 1.165) is 23.4 Å². The molecule has 84 valence electrons. The Morgan fingerprint density at radius 2 is 1.93 bits per heavy atom. The summed E-state index contributed by atoms with van der Waals surface area (Å²) in [6.45, 7) is 8.49. The highest BCUT2D eigenvalue weighted by molar-refractivity contribution is 5.54. The highest BCUT2D eigenvalue weighted by atomic mass is 16.5. The van der Waals surface area contributed by atoms with Crippen molar-refractivity contribution in [3.05, 3.63) is 23.8 Å². The van der Waals surface area contributed by atoms with Crippen molar-refractivity contribution >= 4 is 5.69 Å². The molecule has 0 aliphatic rings. The first kappa shape index (κ1) is 11.9. The number of aryl methyl sites for hydroxylation is 1. The van der Waals surface area contributed by atoms with Crippen LogP contribution in [0, 0.1) is 12.8 Å². The molecule has 1 aromatic rings. The zero-order chi connectivity index (χ0) is 11.4. The third kappa shape index (κ3) is 3.82. The van der Waals surface area contributed by atoms with E-state index in [1.807, 2.05) is 25.1 Å². The predicted molar refractivity (Wildman–Crippen MR) is 65.1 cm³/mol. The molecule has 0 aliphatic carbocycles. The normalized spacial score (nSPS) is 12.9. The van der Waals surface area contributed by atoms with Crippen LogP contribution in [0.2, 0.25) is 0 Å². The maximum absolute atomic E-state index is 5.88. The summed E-state index contributed by atoms with van der Waals surface area (Å²) in [4.78, 5) is 0. The van der Waals surface area contributed by atoms with Gasteiger partial charge in [-0.15, -0.1) is 0 Å². The van der Waals surface area contributed by atoms with Gasteiger partial charge in [0, 0.05) is 0 Å². The lowest BCUT2D eigenvalue weighted by Crippen LogP contribution is -2.15. The van der Waals surface area contributed by atoms with Crippen molar-refractivity contribution in [1.82, 2.24) is 0 Å². The molecule has 2 N–H and O–H groups in total. The van der Waals surface area contributed by atoms with Gasteiger partial charge in [-0.05, 0) is 43.9 Å². The summed E-state index contributed by atoms with van der Waals surface area (Å²) in [7, 11) is 0. The van der Waals surface area contributed by atoms with Crippen molar-refractivity contribution in [2.24, 2.45) is 5.92 Å². The Hall–Kier alpha value is -1.18. The molecule has 0 heterocycles. The van der Waals surface area contributed by atoms with Crippen LogP contribution in [0.15, 0.2) is 18.2 Å². The fraction of sp³-hybridized carbons (Fsp3) is 0.538. The van der Waals surface area contributed by atoms with Crippen LogP contribution < -0.4 is 10.5 Å². The van der Waals surface area contributed by atoms with E-state index in [1.165, 1.54) is 0 Å². The van der Waals surface area contributed by atoms with Gasteiger partial charge < -0.3 is 10.5 Å². The molecule has 1 unspecified atom stereocenters. The first-order valence-corrected chi connectivity index (χ1v) is 5.52. The fourth-order valence-corrected chi connectivity index (χ4v) is 1.70. The van der Waals surface area contributed by atoms with Gasteiger partial charge in [-0.2, -0.15) is 0 Å². The summed E-state index contributed by atoms with van der Waals surface area (Å²) in [6, 6.07) is 5.91. The van der Waals surface area contributed by atoms with Gasteiger partial charge in [-0.25, -0.2) is 0 Å². The number of nitrogens with two attached hydrogens (primary N) is 1. The third-order valence-electron chi connectivity index (χ3n) is 2.30. The summed E-state index contributed by atoms with van der Waals surface area (Å²) in [6.07, 6.45) is 1.27. The van der Waals surface area contributed by atoms with Crippen molar-refractivity contribution < 1.29 is 4.74 Å². The van der Waals surface area contributed by atoms with Gasteiger partial charge >= 0.3 is 0 Å². The Balaban J connectivity index is 2.64. The van der Waals surface area contributed by atoms with E-state index in [9.17, 15) is 0 Å². The molecule has 0 amide bonds. The molecular formula is C13H21NO. The monoisotopic (exact) mass is 207 g/mol. The van der Waals surface area contributed by atoms with Crippen LogP contribution in [0.1, 0.15) is 32.8 Å². The van der Waals surface area contributed by atoms with Crippen LogP contribution in [-0.2, 0) is 0 Å². The molecule has 0 saturated carbocycles. The van der Waals surface area contributed by atoms with Gasteiger partial charge in [-0.3, -0.25) is 0 Å². The maximum Gasteiger partial charge on any atom is 0.142 e. The number of anilines is 1. The largest absolute Gasteiger partial charge is 0.489 e. The second-order valence-corrected chi connectivity index (χ2v) is 4.60. The highest BCUT2D eigenvalue weighted by Gasteiger charge is 2.08. The Labute approximate surface area is 92.4 Å². The minimum Gasteiger partial charge on any atom is -0.489 e. The van der Waals surface area contributed by atoms with E-state index in [4.69, 9.17) is 10.5 Å². The molecule has 0 fully saturated rings. The van der Waals surface area contributed by atoms with Crippen molar-refractivity contribution in [3.63, 3.8) is 0 Å². The third-order valence-corrected chi connectivity index (χ3v) is 2.30. The first-order valence-electron chi connectivity index (χ1n) is 5.52. The van der Waals surface area contributed by atoms with E-state index in [0.29, 0.717) is 5.92 Å². The van der Waals surface area contributed by atoms with Gasteiger partial charge in [0.1, 0.15) is 5.75 Å². The number of nitrogen functional groups attached to an aromatic ring is 1. The molecule has 0 bridgehead atoms. The van der Waals surface area contributed by atoms with Crippen LogP contribution in [0.5, 0.6) is 5.75 Å². The van der Waals surface area contributed by atoms with Crippen LogP contribution in [0.4, 0.5) is 5.69 Å². The molecule has 2 nitrogen and oxygen atoms in total. The molecule has 0 aliphatic heterocycles. The molecule has 1 atom stereocenters. The Kier molecular flexibility index (Phi) is 4.01. The van der Waals surface area contributed by atoms with E-state index < -0.39 is 0 Å². The van der Waals surface area contributed by atoms with E-state index >= 15 is 0 Å². The zero-order valence-corrected chi connectivity index (χ0v) is 10.1. The van der Waals surface area contributed by atoms with Crippen molar-refractivity contribution in [3.8, 4) is 5.75 Å². The number of hydrogen-bond acceptors (Lipinski definition) is 2. The average molecular weight is 207 g/mol. The Morgan fingerprint density at radius 1 is 1.27 bits per heavy atom. The smallest absolute Gasteiger partial charge is 0.142 e. The lowest BCUT2D eigenvalue weighted by Gasteiger charge is -2.18. The molecule has 1 rings (SSSR count). The van der Waals surface area contributed by atoms with Crippen LogP contribution >= 0.6 is 0 Å². The second-order valence-electron chi connectivity index (χ2n) is 4.60. The summed E-state index contributed by atoms with van der Waals surface area (Å²) in [5, 5.41) is 0. The van der Waals surface area contributed by atoms with Gasteiger partial charge in [-0.1, -0.05) is 19.9 Å².